The minimum atomic E-state index is 0.383. The summed E-state index contributed by atoms with van der Waals surface area (Å²) in [6.45, 7) is 9.13. The summed E-state index contributed by atoms with van der Waals surface area (Å²) in [6.07, 6.45) is 4.49. The first-order valence-corrected chi connectivity index (χ1v) is 5.95. The lowest BCUT2D eigenvalue weighted by Crippen LogP contribution is -2.26. The Morgan fingerprint density at radius 2 is 2.00 bits per heavy atom. The summed E-state index contributed by atoms with van der Waals surface area (Å²) in [6, 6.07) is 0. The Morgan fingerprint density at radius 1 is 1.36 bits per heavy atom. The van der Waals surface area contributed by atoms with Gasteiger partial charge in [0.25, 0.3) is 0 Å². The van der Waals surface area contributed by atoms with Crippen LogP contribution >= 0.6 is 0 Å². The molecule has 0 amide bonds. The minimum absolute atomic E-state index is 0.383. The van der Waals surface area contributed by atoms with Crippen LogP contribution in [-0.4, -0.2) is 5.78 Å². The molecule has 3 atom stereocenters. The molecule has 2 bridgehead atoms. The molecule has 80 valence electrons. The summed E-state index contributed by atoms with van der Waals surface area (Å²) in [7, 11) is 0. The molecule has 0 aliphatic heterocycles. The van der Waals surface area contributed by atoms with Crippen molar-refractivity contribution in [3.63, 3.8) is 0 Å². The first-order valence-electron chi connectivity index (χ1n) is 5.95. The number of rotatable bonds is 2. The van der Waals surface area contributed by atoms with Crippen LogP contribution in [0.2, 0.25) is 0 Å². The number of carbonyl (C=O) groups is 1. The van der Waals surface area contributed by atoms with Gasteiger partial charge in [-0.05, 0) is 36.0 Å². The van der Waals surface area contributed by atoms with Crippen molar-refractivity contribution in [2.75, 3.05) is 0 Å². The second-order valence-electron chi connectivity index (χ2n) is 6.06. The fourth-order valence-electron chi connectivity index (χ4n) is 3.90. The van der Waals surface area contributed by atoms with Crippen LogP contribution in [0.5, 0.6) is 0 Å². The molecule has 2 aliphatic rings. The zero-order valence-electron chi connectivity index (χ0n) is 9.89. The molecule has 0 heterocycles. The van der Waals surface area contributed by atoms with E-state index in [9.17, 15) is 4.79 Å². The van der Waals surface area contributed by atoms with Crippen molar-refractivity contribution in [3.05, 3.63) is 0 Å². The van der Waals surface area contributed by atoms with Gasteiger partial charge in [-0.2, -0.15) is 0 Å². The second-order valence-corrected chi connectivity index (χ2v) is 6.06. The Labute approximate surface area is 87.3 Å². The summed E-state index contributed by atoms with van der Waals surface area (Å²) in [5, 5.41) is 0. The Balaban J connectivity index is 2.27. The van der Waals surface area contributed by atoms with E-state index in [0.29, 0.717) is 28.4 Å². The van der Waals surface area contributed by atoms with Gasteiger partial charge < -0.3 is 0 Å². The topological polar surface area (TPSA) is 17.1 Å². The third-order valence-electron chi connectivity index (χ3n) is 5.41. The van der Waals surface area contributed by atoms with E-state index in [1.807, 2.05) is 6.92 Å². The van der Waals surface area contributed by atoms with Crippen LogP contribution in [0.4, 0.5) is 0 Å². The fourth-order valence-corrected chi connectivity index (χ4v) is 3.90. The number of fused-ring (bicyclic) bond motifs is 2. The third kappa shape index (κ3) is 1.04. The first kappa shape index (κ1) is 10.2. The van der Waals surface area contributed by atoms with Crippen LogP contribution in [0.1, 0.15) is 53.4 Å². The van der Waals surface area contributed by atoms with E-state index >= 15 is 0 Å². The molecule has 0 spiro atoms. The van der Waals surface area contributed by atoms with E-state index in [-0.39, 0.29) is 0 Å². The predicted molar refractivity (Wildman–Crippen MR) is 58.0 cm³/mol. The SMILES string of the molecule is CCC(=O)[C@H]1C[C@@]2(C)CC[C@@H]1C2(C)C. The molecule has 2 aliphatic carbocycles. The summed E-state index contributed by atoms with van der Waals surface area (Å²) in [5.74, 6) is 1.56. The number of ketones is 1. The Bertz CT molecular complexity index is 264. The van der Waals surface area contributed by atoms with Crippen LogP contribution < -0.4 is 0 Å². The maximum Gasteiger partial charge on any atom is 0.136 e. The highest BCUT2D eigenvalue weighted by Gasteiger charge is 2.61. The van der Waals surface area contributed by atoms with Gasteiger partial charge in [0.15, 0.2) is 0 Å². The van der Waals surface area contributed by atoms with Crippen molar-refractivity contribution in [1.82, 2.24) is 0 Å². The zero-order valence-corrected chi connectivity index (χ0v) is 9.89. The molecule has 14 heavy (non-hydrogen) atoms. The van der Waals surface area contributed by atoms with Crippen molar-refractivity contribution < 1.29 is 4.79 Å². The van der Waals surface area contributed by atoms with Gasteiger partial charge >= 0.3 is 0 Å². The van der Waals surface area contributed by atoms with E-state index in [1.54, 1.807) is 0 Å². The molecule has 0 radical (unpaired) electrons. The van der Waals surface area contributed by atoms with Crippen LogP contribution in [0.15, 0.2) is 0 Å². The largest absolute Gasteiger partial charge is 0.299 e. The van der Waals surface area contributed by atoms with Crippen molar-refractivity contribution >= 4 is 5.78 Å². The summed E-state index contributed by atoms with van der Waals surface area (Å²) in [5.41, 5.74) is 0.829. The molecule has 0 N–H and O–H groups in total. The van der Waals surface area contributed by atoms with Gasteiger partial charge in [0.05, 0.1) is 0 Å². The van der Waals surface area contributed by atoms with Gasteiger partial charge in [-0.15, -0.1) is 0 Å². The molecular formula is C13H22O. The van der Waals surface area contributed by atoms with E-state index in [2.05, 4.69) is 20.8 Å². The number of hydrogen-bond acceptors (Lipinski definition) is 1. The van der Waals surface area contributed by atoms with Gasteiger partial charge in [0.1, 0.15) is 5.78 Å². The molecule has 0 aromatic heterocycles. The fraction of sp³-hybridized carbons (Fsp3) is 0.923. The number of carbonyl (C=O) groups excluding carboxylic acids is 1. The van der Waals surface area contributed by atoms with Crippen molar-refractivity contribution in [3.8, 4) is 0 Å². The lowest BCUT2D eigenvalue weighted by Gasteiger charge is -2.34. The summed E-state index contributed by atoms with van der Waals surface area (Å²) in [4.78, 5) is 11.8. The van der Waals surface area contributed by atoms with E-state index in [1.165, 1.54) is 12.8 Å². The van der Waals surface area contributed by atoms with Crippen LogP contribution in [0.3, 0.4) is 0 Å². The van der Waals surface area contributed by atoms with Gasteiger partial charge in [0, 0.05) is 12.3 Å². The normalized spacial score (nSPS) is 44.3. The molecule has 2 saturated carbocycles. The number of Topliss-reactive ketones (excluding diaryl/α,β-unsaturated/α-hetero) is 1. The number of hydrogen-bond donors (Lipinski definition) is 0. The predicted octanol–water partition coefficient (Wildman–Crippen LogP) is 3.43. The smallest absolute Gasteiger partial charge is 0.136 e. The van der Waals surface area contributed by atoms with Crippen molar-refractivity contribution in [2.24, 2.45) is 22.7 Å². The Morgan fingerprint density at radius 3 is 2.36 bits per heavy atom. The van der Waals surface area contributed by atoms with Gasteiger partial charge in [-0.3, -0.25) is 4.79 Å². The highest BCUT2D eigenvalue weighted by Crippen LogP contribution is 2.67. The maximum absolute atomic E-state index is 11.8. The van der Waals surface area contributed by atoms with Gasteiger partial charge in [-0.25, -0.2) is 0 Å². The Kier molecular flexibility index (Phi) is 2.06. The first-order chi connectivity index (χ1) is 6.42. The maximum atomic E-state index is 11.8. The van der Waals surface area contributed by atoms with Gasteiger partial charge in [0.2, 0.25) is 0 Å². The Hall–Kier alpha value is -0.330. The molecule has 1 heteroatoms. The highest BCUT2D eigenvalue weighted by atomic mass is 16.1. The molecule has 1 nitrogen and oxygen atoms in total. The molecular weight excluding hydrogens is 172 g/mol. The molecule has 2 fully saturated rings. The average Bonchev–Trinajstić information content (AvgIpc) is 2.47. The molecule has 0 unspecified atom stereocenters. The highest BCUT2D eigenvalue weighted by molar-refractivity contribution is 5.81. The second kappa shape index (κ2) is 2.84. The lowest BCUT2D eigenvalue weighted by atomic mass is 9.71. The molecule has 0 aromatic rings. The molecule has 0 saturated heterocycles. The van der Waals surface area contributed by atoms with Gasteiger partial charge in [-0.1, -0.05) is 27.7 Å². The average molecular weight is 194 g/mol. The molecule has 0 aromatic carbocycles. The van der Waals surface area contributed by atoms with Crippen LogP contribution in [0.25, 0.3) is 0 Å². The molecule has 2 rings (SSSR count). The monoisotopic (exact) mass is 194 g/mol. The quantitative estimate of drug-likeness (QED) is 0.658. The van der Waals surface area contributed by atoms with Crippen LogP contribution in [0, 0.1) is 22.7 Å². The lowest BCUT2D eigenvalue weighted by molar-refractivity contribution is -0.124. The zero-order chi connectivity index (χ0) is 10.6. The van der Waals surface area contributed by atoms with E-state index in [4.69, 9.17) is 0 Å². The minimum Gasteiger partial charge on any atom is -0.299 e. The van der Waals surface area contributed by atoms with E-state index in [0.717, 1.165) is 12.8 Å². The third-order valence-corrected chi connectivity index (χ3v) is 5.41. The van der Waals surface area contributed by atoms with Crippen molar-refractivity contribution in [1.29, 1.82) is 0 Å². The van der Waals surface area contributed by atoms with E-state index < -0.39 is 0 Å². The summed E-state index contributed by atoms with van der Waals surface area (Å²) < 4.78 is 0. The van der Waals surface area contributed by atoms with Crippen LogP contribution in [-0.2, 0) is 4.79 Å². The standard InChI is InChI=1S/C13H22O/c1-5-11(14)9-8-13(4)7-6-10(9)12(13,2)3/h9-10H,5-8H2,1-4H3/t9-,10-,13+/m0/s1. The summed E-state index contributed by atoms with van der Waals surface area (Å²) >= 11 is 0. The van der Waals surface area contributed by atoms with Crippen molar-refractivity contribution in [2.45, 2.75) is 53.4 Å².